The van der Waals surface area contributed by atoms with Crippen LogP contribution in [0.1, 0.15) is 20.8 Å². The smallest absolute Gasteiger partial charge is 0.334 e. The summed E-state index contributed by atoms with van der Waals surface area (Å²) in [6.07, 6.45) is 1.93. The Morgan fingerprint density at radius 2 is 2.17 bits per heavy atom. The van der Waals surface area contributed by atoms with Crippen LogP contribution in [0.3, 0.4) is 0 Å². The molecule has 0 saturated carbocycles. The Labute approximate surface area is 78.4 Å². The van der Waals surface area contributed by atoms with Crippen molar-refractivity contribution < 1.29 is 9.53 Å². The summed E-state index contributed by atoms with van der Waals surface area (Å²) in [5.41, 5.74) is 0.754. The Hall–Kier alpha value is -0.440. The zero-order valence-electron chi connectivity index (χ0n) is 8.09. The predicted octanol–water partition coefficient (Wildman–Crippen LogP) is 2.45. The average Bonchev–Trinajstić information content (AvgIpc) is 1.99. The first-order valence-electron chi connectivity index (χ1n) is 4.03. The molecule has 0 unspecified atom stereocenters. The summed E-state index contributed by atoms with van der Waals surface area (Å²) in [5.74, 6) is 0.0401. The summed E-state index contributed by atoms with van der Waals surface area (Å²) < 4.78 is 4.90. The van der Waals surface area contributed by atoms with Crippen LogP contribution in [-0.4, -0.2) is 18.8 Å². The molecule has 0 fully saturated rings. The third kappa shape index (κ3) is 3.81. The van der Waals surface area contributed by atoms with Crippen LogP contribution in [0.5, 0.6) is 0 Å². The molecule has 2 nitrogen and oxygen atoms in total. The molecule has 0 N–H and O–H groups in total. The molecule has 70 valence electrons. The van der Waals surface area contributed by atoms with E-state index in [-0.39, 0.29) is 11.9 Å². The third-order valence-corrected chi connectivity index (χ3v) is 1.87. The van der Waals surface area contributed by atoms with Crippen LogP contribution in [-0.2, 0) is 9.53 Å². The molecule has 0 aliphatic carbocycles. The molecule has 0 aromatic carbocycles. The monoisotopic (exact) mass is 188 g/mol. The minimum atomic E-state index is -0.193. The van der Waals surface area contributed by atoms with Gasteiger partial charge in [0.1, 0.15) is 0 Å². The first kappa shape index (κ1) is 11.6. The van der Waals surface area contributed by atoms with Gasteiger partial charge in [0.2, 0.25) is 0 Å². The Morgan fingerprint density at radius 3 is 2.50 bits per heavy atom. The fraction of sp³-hybridized carbons (Fsp3) is 0.667. The highest BCUT2D eigenvalue weighted by Crippen LogP contribution is 2.15. The molecule has 0 spiro atoms. The van der Waals surface area contributed by atoms with Crippen molar-refractivity contribution in [3.05, 3.63) is 11.0 Å². The van der Waals surface area contributed by atoms with E-state index in [0.717, 1.165) is 5.57 Å². The van der Waals surface area contributed by atoms with Crippen LogP contribution < -0.4 is 0 Å². The number of hydrogen-bond acceptors (Lipinski definition) is 3. The van der Waals surface area contributed by atoms with E-state index in [0.29, 0.717) is 6.61 Å². The number of rotatable bonds is 4. The molecule has 0 atom stereocenters. The van der Waals surface area contributed by atoms with E-state index >= 15 is 0 Å². The second-order valence-corrected chi connectivity index (χ2v) is 3.39. The number of carbonyl (C=O) groups is 1. The number of hydrogen-bond donors (Lipinski definition) is 0. The molecule has 0 heterocycles. The molecule has 3 heteroatoms. The van der Waals surface area contributed by atoms with E-state index in [9.17, 15) is 4.79 Å². The second kappa shape index (κ2) is 6.12. The largest absolute Gasteiger partial charge is 0.463 e. The third-order valence-electron chi connectivity index (χ3n) is 1.38. The SMILES string of the molecule is CCOC(=O)/C(=C/SC)C(C)C. The highest BCUT2D eigenvalue weighted by molar-refractivity contribution is 8.01. The van der Waals surface area contributed by atoms with E-state index in [1.165, 1.54) is 11.8 Å². The highest BCUT2D eigenvalue weighted by atomic mass is 32.2. The topological polar surface area (TPSA) is 26.3 Å². The Morgan fingerprint density at radius 1 is 1.58 bits per heavy atom. The van der Waals surface area contributed by atoms with Gasteiger partial charge in [0.25, 0.3) is 0 Å². The molecular weight excluding hydrogens is 172 g/mol. The highest BCUT2D eigenvalue weighted by Gasteiger charge is 2.13. The molecular formula is C9H16O2S. The van der Waals surface area contributed by atoms with Crippen molar-refractivity contribution in [1.82, 2.24) is 0 Å². The molecule has 0 aliphatic rings. The lowest BCUT2D eigenvalue weighted by molar-refractivity contribution is -0.139. The van der Waals surface area contributed by atoms with Gasteiger partial charge in [-0.3, -0.25) is 0 Å². The molecule has 0 amide bonds. The lowest BCUT2D eigenvalue weighted by Crippen LogP contribution is -2.11. The molecule has 0 rings (SSSR count). The second-order valence-electron chi connectivity index (χ2n) is 2.68. The van der Waals surface area contributed by atoms with Gasteiger partial charge in [-0.2, -0.15) is 0 Å². The van der Waals surface area contributed by atoms with Crippen molar-refractivity contribution in [1.29, 1.82) is 0 Å². The van der Waals surface area contributed by atoms with Crippen LogP contribution in [0.25, 0.3) is 0 Å². The molecule has 0 radical (unpaired) electrons. The summed E-state index contributed by atoms with van der Waals surface area (Å²) in [6, 6.07) is 0. The van der Waals surface area contributed by atoms with Crippen LogP contribution in [0.4, 0.5) is 0 Å². The normalized spacial score (nSPS) is 11.9. The Kier molecular flexibility index (Phi) is 5.89. The number of thioether (sulfide) groups is 1. The van der Waals surface area contributed by atoms with Crippen molar-refractivity contribution in [2.45, 2.75) is 20.8 Å². The van der Waals surface area contributed by atoms with Crippen LogP contribution >= 0.6 is 11.8 Å². The van der Waals surface area contributed by atoms with Crippen LogP contribution in [0.15, 0.2) is 11.0 Å². The standard InChI is InChI=1S/C9H16O2S/c1-5-11-9(10)8(6-12-4)7(2)3/h6-7H,5H2,1-4H3/b8-6+. The molecule has 12 heavy (non-hydrogen) atoms. The summed E-state index contributed by atoms with van der Waals surface area (Å²) in [7, 11) is 0. The van der Waals surface area contributed by atoms with Crippen molar-refractivity contribution in [3.8, 4) is 0 Å². The number of esters is 1. The minimum absolute atomic E-state index is 0.193. The van der Waals surface area contributed by atoms with E-state index in [4.69, 9.17) is 4.74 Å². The summed E-state index contributed by atoms with van der Waals surface area (Å²) in [6.45, 7) is 6.23. The van der Waals surface area contributed by atoms with Gasteiger partial charge in [0, 0.05) is 5.57 Å². The maximum absolute atomic E-state index is 11.3. The van der Waals surface area contributed by atoms with Crippen LogP contribution in [0, 0.1) is 5.92 Å². The summed E-state index contributed by atoms with van der Waals surface area (Å²) in [4.78, 5) is 11.3. The Bertz CT molecular complexity index is 173. The predicted molar refractivity (Wildman–Crippen MR) is 53.1 cm³/mol. The van der Waals surface area contributed by atoms with Gasteiger partial charge < -0.3 is 4.74 Å². The Balaban J connectivity index is 4.30. The first-order chi connectivity index (χ1) is 5.63. The van der Waals surface area contributed by atoms with Gasteiger partial charge in [0.05, 0.1) is 6.61 Å². The maximum Gasteiger partial charge on any atom is 0.334 e. The van der Waals surface area contributed by atoms with E-state index in [2.05, 4.69) is 0 Å². The van der Waals surface area contributed by atoms with Crippen molar-refractivity contribution in [2.24, 2.45) is 5.92 Å². The lowest BCUT2D eigenvalue weighted by Gasteiger charge is -2.08. The van der Waals surface area contributed by atoms with Gasteiger partial charge in [-0.15, -0.1) is 11.8 Å². The van der Waals surface area contributed by atoms with E-state index in [1.54, 1.807) is 0 Å². The van der Waals surface area contributed by atoms with Gasteiger partial charge in [-0.05, 0) is 24.5 Å². The molecule has 0 bridgehead atoms. The average molecular weight is 188 g/mol. The molecule has 0 saturated heterocycles. The minimum Gasteiger partial charge on any atom is -0.463 e. The van der Waals surface area contributed by atoms with Gasteiger partial charge in [0.15, 0.2) is 0 Å². The van der Waals surface area contributed by atoms with Gasteiger partial charge >= 0.3 is 5.97 Å². The van der Waals surface area contributed by atoms with E-state index < -0.39 is 0 Å². The van der Waals surface area contributed by atoms with Gasteiger partial charge in [-0.1, -0.05) is 13.8 Å². The molecule has 0 aliphatic heterocycles. The summed E-state index contributed by atoms with van der Waals surface area (Å²) in [5, 5.41) is 1.85. The fourth-order valence-electron chi connectivity index (χ4n) is 0.761. The fourth-order valence-corrected chi connectivity index (χ4v) is 1.38. The maximum atomic E-state index is 11.3. The zero-order valence-corrected chi connectivity index (χ0v) is 8.90. The van der Waals surface area contributed by atoms with E-state index in [1.807, 2.05) is 32.4 Å². The van der Waals surface area contributed by atoms with Crippen molar-refractivity contribution >= 4 is 17.7 Å². The zero-order chi connectivity index (χ0) is 9.56. The lowest BCUT2D eigenvalue weighted by atomic mass is 10.1. The van der Waals surface area contributed by atoms with Crippen LogP contribution in [0.2, 0.25) is 0 Å². The van der Waals surface area contributed by atoms with Crippen molar-refractivity contribution in [3.63, 3.8) is 0 Å². The number of ether oxygens (including phenoxy) is 1. The molecule has 0 aromatic rings. The van der Waals surface area contributed by atoms with Gasteiger partial charge in [-0.25, -0.2) is 4.79 Å². The molecule has 0 aromatic heterocycles. The summed E-state index contributed by atoms with van der Waals surface area (Å²) >= 11 is 1.53. The number of carbonyl (C=O) groups excluding carboxylic acids is 1. The quantitative estimate of drug-likeness (QED) is 0.501. The van der Waals surface area contributed by atoms with Crippen molar-refractivity contribution in [2.75, 3.05) is 12.9 Å². The first-order valence-corrected chi connectivity index (χ1v) is 5.32.